The van der Waals surface area contributed by atoms with Crippen LogP contribution in [-0.2, 0) is 12.6 Å². The molecule has 2 nitrogen and oxygen atoms in total. The summed E-state index contributed by atoms with van der Waals surface area (Å²) in [6.45, 7) is 4.49. The summed E-state index contributed by atoms with van der Waals surface area (Å²) in [6.07, 6.45) is 0. The van der Waals surface area contributed by atoms with Gasteiger partial charge in [0.1, 0.15) is 0 Å². The fourth-order valence-electron chi connectivity index (χ4n) is 1.74. The van der Waals surface area contributed by atoms with Crippen LogP contribution >= 0.6 is 0 Å². The smallest absolute Gasteiger partial charge is 0.780 e. The van der Waals surface area contributed by atoms with E-state index in [0.29, 0.717) is 0 Å². The molecule has 0 radical (unpaired) electrons. The van der Waals surface area contributed by atoms with Crippen LogP contribution in [0, 0.1) is 0 Å². The molecule has 0 aromatic heterocycles. The van der Waals surface area contributed by atoms with E-state index in [-0.39, 0.29) is 29.6 Å². The molecule has 15 heavy (non-hydrogen) atoms. The van der Waals surface area contributed by atoms with Crippen LogP contribution in [0.3, 0.4) is 0 Å². The van der Waals surface area contributed by atoms with Gasteiger partial charge < -0.3 is 22.4 Å². The molecular formula is C11H15N2NaS. The molecule has 0 saturated carbocycles. The average Bonchev–Trinajstić information content (AvgIpc) is 2.19. The van der Waals surface area contributed by atoms with Crippen molar-refractivity contribution in [2.45, 2.75) is 4.90 Å². The molecule has 1 heterocycles. The number of benzene rings is 1. The zero-order chi connectivity index (χ0) is 9.97. The number of hydrogen-bond acceptors (Lipinski definition) is 3. The fraction of sp³-hybridized carbons (Fsp3) is 0.455. The van der Waals surface area contributed by atoms with Crippen molar-refractivity contribution in [1.82, 2.24) is 4.90 Å². The molecule has 0 amide bonds. The van der Waals surface area contributed by atoms with E-state index in [2.05, 4.69) is 29.0 Å². The van der Waals surface area contributed by atoms with Gasteiger partial charge in [-0.3, -0.25) is 0 Å². The van der Waals surface area contributed by atoms with Crippen molar-refractivity contribution in [1.29, 1.82) is 0 Å². The van der Waals surface area contributed by atoms with Gasteiger partial charge in [-0.1, -0.05) is 18.2 Å². The van der Waals surface area contributed by atoms with Crippen molar-refractivity contribution in [3.05, 3.63) is 24.3 Å². The zero-order valence-electron chi connectivity index (χ0n) is 9.44. The Bertz CT molecular complexity index is 311. The standard InChI is InChI=1S/C11H16N2S.Na/c1-12-5-7-13(8-6-12)10-3-2-4-11(14)9-10;/h2-4,9,14H,5-8H2,1H3;/q;+1/p-1. The number of likely N-dealkylation sites (N-methyl/N-ethyl adjacent to an activating group) is 1. The quantitative estimate of drug-likeness (QED) is 0.421. The number of nitrogens with zero attached hydrogens (tertiary/aromatic N) is 2. The van der Waals surface area contributed by atoms with Crippen molar-refractivity contribution in [2.75, 3.05) is 38.1 Å². The van der Waals surface area contributed by atoms with E-state index < -0.39 is 0 Å². The van der Waals surface area contributed by atoms with Gasteiger partial charge in [-0.25, -0.2) is 0 Å². The van der Waals surface area contributed by atoms with Gasteiger partial charge in [0.25, 0.3) is 0 Å². The van der Waals surface area contributed by atoms with Crippen molar-refractivity contribution in [3.8, 4) is 0 Å². The summed E-state index contributed by atoms with van der Waals surface area (Å²) < 4.78 is 0. The topological polar surface area (TPSA) is 6.48 Å². The normalized spacial score (nSPS) is 17.3. The Morgan fingerprint density at radius 1 is 1.13 bits per heavy atom. The van der Waals surface area contributed by atoms with Gasteiger partial charge in [0, 0.05) is 31.9 Å². The van der Waals surface area contributed by atoms with Crippen molar-refractivity contribution in [3.63, 3.8) is 0 Å². The van der Waals surface area contributed by atoms with Crippen LogP contribution in [0.1, 0.15) is 0 Å². The summed E-state index contributed by atoms with van der Waals surface area (Å²) in [4.78, 5) is 5.69. The van der Waals surface area contributed by atoms with Crippen LogP contribution in [0.4, 0.5) is 5.69 Å². The predicted octanol–water partition coefficient (Wildman–Crippen LogP) is -1.65. The van der Waals surface area contributed by atoms with E-state index in [9.17, 15) is 0 Å². The Morgan fingerprint density at radius 2 is 1.80 bits per heavy atom. The number of rotatable bonds is 1. The molecule has 0 atom stereocenters. The van der Waals surface area contributed by atoms with Crippen molar-refractivity contribution < 1.29 is 29.6 Å². The molecule has 0 aliphatic carbocycles. The Balaban J connectivity index is 0.00000112. The summed E-state index contributed by atoms with van der Waals surface area (Å²) in [6, 6.07) is 8.23. The third kappa shape index (κ3) is 3.61. The molecule has 4 heteroatoms. The largest absolute Gasteiger partial charge is 1.00 e. The van der Waals surface area contributed by atoms with Crippen LogP contribution in [-0.4, -0.2) is 38.1 Å². The second kappa shape index (κ2) is 6.06. The zero-order valence-corrected chi connectivity index (χ0v) is 12.3. The maximum atomic E-state index is 5.15. The number of piperazine rings is 1. The first-order valence-corrected chi connectivity index (χ1v) is 5.37. The minimum atomic E-state index is 0. The molecule has 1 aliphatic heterocycles. The maximum absolute atomic E-state index is 5.15. The van der Waals surface area contributed by atoms with E-state index in [1.54, 1.807) is 0 Å². The minimum absolute atomic E-state index is 0. The van der Waals surface area contributed by atoms with Gasteiger partial charge in [-0.2, -0.15) is 4.90 Å². The van der Waals surface area contributed by atoms with Crippen LogP contribution in [0.5, 0.6) is 0 Å². The van der Waals surface area contributed by atoms with Crippen LogP contribution in [0.15, 0.2) is 29.2 Å². The van der Waals surface area contributed by atoms with Gasteiger partial charge in [0.2, 0.25) is 0 Å². The monoisotopic (exact) mass is 230 g/mol. The molecule has 1 aromatic carbocycles. The van der Waals surface area contributed by atoms with Gasteiger partial charge in [0.15, 0.2) is 0 Å². The molecule has 1 fully saturated rings. The third-order valence-corrected chi connectivity index (χ3v) is 2.94. The molecule has 1 aromatic rings. The molecule has 1 aliphatic rings. The van der Waals surface area contributed by atoms with Crippen molar-refractivity contribution >= 4 is 18.3 Å². The summed E-state index contributed by atoms with van der Waals surface area (Å²) in [5.74, 6) is 0. The molecule has 0 unspecified atom stereocenters. The van der Waals surface area contributed by atoms with Crippen LogP contribution in [0.2, 0.25) is 0 Å². The second-order valence-electron chi connectivity index (χ2n) is 3.79. The average molecular weight is 230 g/mol. The number of anilines is 1. The summed E-state index contributed by atoms with van der Waals surface area (Å²) in [5, 5.41) is 0. The van der Waals surface area contributed by atoms with E-state index in [4.69, 9.17) is 12.6 Å². The van der Waals surface area contributed by atoms with E-state index in [1.165, 1.54) is 5.69 Å². The Kier molecular flexibility index (Phi) is 5.36. The first-order chi connectivity index (χ1) is 6.75. The summed E-state index contributed by atoms with van der Waals surface area (Å²) in [7, 11) is 2.17. The van der Waals surface area contributed by atoms with Gasteiger partial charge >= 0.3 is 29.6 Å². The molecule has 2 rings (SSSR count). The van der Waals surface area contributed by atoms with Crippen LogP contribution in [0.25, 0.3) is 0 Å². The third-order valence-electron chi connectivity index (χ3n) is 2.69. The fourth-order valence-corrected chi connectivity index (χ4v) is 1.94. The Labute approximate surface area is 119 Å². The molecule has 0 spiro atoms. The molecule has 0 N–H and O–H groups in total. The summed E-state index contributed by atoms with van der Waals surface area (Å²) in [5.41, 5.74) is 1.27. The first kappa shape index (κ1) is 13.3. The predicted molar refractivity (Wildman–Crippen MR) is 61.8 cm³/mol. The Hall–Kier alpha value is 0.200. The van der Waals surface area contributed by atoms with E-state index >= 15 is 0 Å². The minimum Gasteiger partial charge on any atom is -0.780 e. The SMILES string of the molecule is CN1CCN(c2cccc([S-])c2)CC1.[Na+]. The molecular weight excluding hydrogens is 215 g/mol. The molecule has 0 bridgehead atoms. The maximum Gasteiger partial charge on any atom is 1.00 e. The second-order valence-corrected chi connectivity index (χ2v) is 4.26. The van der Waals surface area contributed by atoms with Crippen molar-refractivity contribution in [2.24, 2.45) is 0 Å². The number of hydrogen-bond donors (Lipinski definition) is 0. The molecule has 1 saturated heterocycles. The Morgan fingerprint density at radius 3 is 2.40 bits per heavy atom. The first-order valence-electron chi connectivity index (χ1n) is 4.96. The molecule has 76 valence electrons. The summed E-state index contributed by atoms with van der Waals surface area (Å²) >= 11 is 5.15. The van der Waals surface area contributed by atoms with Gasteiger partial charge in [-0.05, 0) is 13.1 Å². The van der Waals surface area contributed by atoms with Crippen LogP contribution < -0.4 is 34.5 Å². The van der Waals surface area contributed by atoms with Gasteiger partial charge in [-0.15, -0.1) is 0 Å². The van der Waals surface area contributed by atoms with E-state index in [0.717, 1.165) is 31.1 Å². The van der Waals surface area contributed by atoms with E-state index in [1.807, 2.05) is 12.1 Å². The van der Waals surface area contributed by atoms with Gasteiger partial charge in [0.05, 0.1) is 0 Å².